The van der Waals surface area contributed by atoms with E-state index in [-0.39, 0.29) is 24.5 Å². The van der Waals surface area contributed by atoms with Gasteiger partial charge in [0.05, 0.1) is 6.61 Å². The molecule has 8 nitrogen and oxygen atoms in total. The highest BCUT2D eigenvalue weighted by atomic mass is 16.6. The predicted octanol–water partition coefficient (Wildman–Crippen LogP) is -2.09. The fourth-order valence-corrected chi connectivity index (χ4v) is 1.98. The van der Waals surface area contributed by atoms with Crippen molar-refractivity contribution >= 4 is 11.7 Å². The number of hydrogen-bond donors (Lipinski definition) is 5. The van der Waals surface area contributed by atoms with Crippen molar-refractivity contribution in [3.63, 3.8) is 0 Å². The molecule has 0 bridgehead atoms. The third kappa shape index (κ3) is 4.72. The summed E-state index contributed by atoms with van der Waals surface area (Å²) in [4.78, 5) is 23.1. The molecule has 0 spiro atoms. The molecule has 0 aliphatic carbocycles. The second-order valence-electron chi connectivity index (χ2n) is 5.44. The lowest BCUT2D eigenvalue weighted by Gasteiger charge is -2.40. The molecule has 5 N–H and O–H groups in total. The van der Waals surface area contributed by atoms with Gasteiger partial charge in [-0.15, -0.1) is 0 Å². The monoisotopic (exact) mass is 305 g/mol. The largest absolute Gasteiger partial charge is 0.394 e. The van der Waals surface area contributed by atoms with Crippen molar-refractivity contribution in [2.75, 3.05) is 6.61 Å². The Hall–Kier alpha value is -1.06. The number of ether oxygens (including phenoxy) is 1. The fourth-order valence-electron chi connectivity index (χ4n) is 1.98. The quantitative estimate of drug-likeness (QED) is 0.379. The van der Waals surface area contributed by atoms with Gasteiger partial charge in [-0.05, 0) is 0 Å². The van der Waals surface area contributed by atoms with E-state index in [9.17, 15) is 24.9 Å². The summed E-state index contributed by atoms with van der Waals surface area (Å²) in [5, 5.41) is 40.3. The summed E-state index contributed by atoms with van der Waals surface area (Å²) < 4.78 is 5.13. The van der Waals surface area contributed by atoms with E-state index in [1.54, 1.807) is 13.8 Å². The summed E-state index contributed by atoms with van der Waals surface area (Å²) in [7, 11) is 0. The minimum Gasteiger partial charge on any atom is -0.394 e. The van der Waals surface area contributed by atoms with Gasteiger partial charge in [-0.25, -0.2) is 0 Å². The lowest BCUT2D eigenvalue weighted by atomic mass is 9.98. The summed E-state index contributed by atoms with van der Waals surface area (Å²) in [6, 6.07) is 0. The Morgan fingerprint density at radius 1 is 1.10 bits per heavy atom. The summed E-state index contributed by atoms with van der Waals surface area (Å²) >= 11 is 0. The van der Waals surface area contributed by atoms with Gasteiger partial charge in [-0.1, -0.05) is 13.8 Å². The summed E-state index contributed by atoms with van der Waals surface area (Å²) in [5.74, 6) is -0.739. The zero-order valence-electron chi connectivity index (χ0n) is 12.1. The van der Waals surface area contributed by atoms with Gasteiger partial charge in [0.1, 0.15) is 30.2 Å². The van der Waals surface area contributed by atoms with Crippen LogP contribution in [0.3, 0.4) is 0 Å². The number of hydrogen-bond acceptors (Lipinski definition) is 7. The Morgan fingerprint density at radius 3 is 2.24 bits per heavy atom. The van der Waals surface area contributed by atoms with Gasteiger partial charge in [0.25, 0.3) is 0 Å². The van der Waals surface area contributed by atoms with E-state index in [1.807, 2.05) is 0 Å². The number of carbonyl (C=O) groups excluding carboxylic acids is 2. The van der Waals surface area contributed by atoms with E-state index < -0.39 is 43.2 Å². The lowest BCUT2D eigenvalue weighted by molar-refractivity contribution is -0.236. The molecule has 0 radical (unpaired) electrons. The number of nitrogens with one attached hydrogen (secondary N) is 1. The van der Waals surface area contributed by atoms with Gasteiger partial charge >= 0.3 is 0 Å². The standard InChI is InChI=1S/C13H23NO7/c1-6(2)7(16)3-4-9(17)14-13-12(20)11(19)10(18)8(5-15)21-13/h6,8,10-13,15,18-20H,3-5H2,1-2H3,(H,14,17)/t8?,10-,11+,12?,13-/m1/s1. The number of amides is 1. The van der Waals surface area contributed by atoms with Crippen molar-refractivity contribution in [1.82, 2.24) is 5.32 Å². The average Bonchev–Trinajstić information content (AvgIpc) is 2.45. The van der Waals surface area contributed by atoms with E-state index in [2.05, 4.69) is 5.32 Å². The van der Waals surface area contributed by atoms with Crippen LogP contribution in [0.15, 0.2) is 0 Å². The highest BCUT2D eigenvalue weighted by Gasteiger charge is 2.43. The molecule has 0 aromatic carbocycles. The number of Topliss-reactive ketones (excluding diaryl/α,β-unsaturated/α-hetero) is 1. The van der Waals surface area contributed by atoms with Crippen molar-refractivity contribution in [3.8, 4) is 0 Å². The summed E-state index contributed by atoms with van der Waals surface area (Å²) in [5.41, 5.74) is 0. The second kappa shape index (κ2) is 7.81. The van der Waals surface area contributed by atoms with E-state index in [0.717, 1.165) is 0 Å². The Kier molecular flexibility index (Phi) is 6.69. The Bertz CT molecular complexity index is 372. The van der Waals surface area contributed by atoms with Crippen LogP contribution in [0.5, 0.6) is 0 Å². The molecule has 5 atom stereocenters. The molecule has 0 aromatic heterocycles. The van der Waals surface area contributed by atoms with E-state index in [4.69, 9.17) is 9.84 Å². The first-order valence-corrected chi connectivity index (χ1v) is 6.90. The van der Waals surface area contributed by atoms with Crippen molar-refractivity contribution in [3.05, 3.63) is 0 Å². The van der Waals surface area contributed by atoms with E-state index in [1.165, 1.54) is 0 Å². The first kappa shape index (κ1) is 18.0. The highest BCUT2D eigenvalue weighted by Crippen LogP contribution is 2.19. The normalized spacial score (nSPS) is 33.0. The molecular formula is C13H23NO7. The van der Waals surface area contributed by atoms with Crippen LogP contribution in [0.1, 0.15) is 26.7 Å². The lowest BCUT2D eigenvalue weighted by Crippen LogP contribution is -2.63. The Morgan fingerprint density at radius 2 is 1.71 bits per heavy atom. The van der Waals surface area contributed by atoms with Crippen LogP contribution in [-0.2, 0) is 14.3 Å². The van der Waals surface area contributed by atoms with Crippen LogP contribution >= 0.6 is 0 Å². The maximum atomic E-state index is 11.7. The summed E-state index contributed by atoms with van der Waals surface area (Å²) in [6.45, 7) is 2.90. The SMILES string of the molecule is CC(C)C(=O)CCC(=O)N[C@@H]1OC(CO)[C@@H](O)[C@H](O)C1O. The number of rotatable bonds is 6. The van der Waals surface area contributed by atoms with Crippen molar-refractivity contribution in [1.29, 1.82) is 0 Å². The molecule has 8 heteroatoms. The summed E-state index contributed by atoms with van der Waals surface area (Å²) in [6.07, 6.45) is -6.85. The third-order valence-corrected chi connectivity index (χ3v) is 3.44. The van der Waals surface area contributed by atoms with Gasteiger partial charge in [-0.3, -0.25) is 9.59 Å². The van der Waals surface area contributed by atoms with Gasteiger partial charge in [0, 0.05) is 18.8 Å². The van der Waals surface area contributed by atoms with Crippen LogP contribution in [-0.4, -0.2) is 69.4 Å². The van der Waals surface area contributed by atoms with Crippen LogP contribution in [0.25, 0.3) is 0 Å². The third-order valence-electron chi connectivity index (χ3n) is 3.44. The molecule has 1 fully saturated rings. The van der Waals surface area contributed by atoms with Crippen LogP contribution in [0.4, 0.5) is 0 Å². The molecule has 21 heavy (non-hydrogen) atoms. The molecule has 1 aliphatic heterocycles. The molecule has 1 amide bonds. The minimum atomic E-state index is -1.54. The zero-order chi connectivity index (χ0) is 16.2. The number of aliphatic hydroxyl groups is 4. The first-order chi connectivity index (χ1) is 9.77. The van der Waals surface area contributed by atoms with Gasteiger partial charge < -0.3 is 30.5 Å². The smallest absolute Gasteiger partial charge is 0.222 e. The van der Waals surface area contributed by atoms with Gasteiger partial charge in [-0.2, -0.15) is 0 Å². The molecule has 2 unspecified atom stereocenters. The number of ketones is 1. The molecule has 1 saturated heterocycles. The minimum absolute atomic E-state index is 0.0565. The number of aliphatic hydroxyl groups excluding tert-OH is 4. The first-order valence-electron chi connectivity index (χ1n) is 6.90. The Labute approximate surface area is 122 Å². The number of carbonyl (C=O) groups is 2. The van der Waals surface area contributed by atoms with Crippen LogP contribution in [0, 0.1) is 5.92 Å². The Balaban J connectivity index is 2.52. The second-order valence-corrected chi connectivity index (χ2v) is 5.44. The van der Waals surface area contributed by atoms with Crippen molar-refractivity contribution in [2.24, 2.45) is 5.92 Å². The predicted molar refractivity (Wildman–Crippen MR) is 71.0 cm³/mol. The molecular weight excluding hydrogens is 282 g/mol. The highest BCUT2D eigenvalue weighted by molar-refractivity contribution is 5.86. The van der Waals surface area contributed by atoms with Gasteiger partial charge in [0.15, 0.2) is 6.23 Å². The molecule has 0 aromatic rings. The zero-order valence-corrected chi connectivity index (χ0v) is 12.1. The van der Waals surface area contributed by atoms with Crippen LogP contribution in [0.2, 0.25) is 0 Å². The molecule has 122 valence electrons. The fraction of sp³-hybridized carbons (Fsp3) is 0.846. The van der Waals surface area contributed by atoms with Gasteiger partial charge in [0.2, 0.25) is 5.91 Å². The molecule has 1 rings (SSSR count). The average molecular weight is 305 g/mol. The topological polar surface area (TPSA) is 136 Å². The molecule has 1 aliphatic rings. The maximum absolute atomic E-state index is 11.7. The van der Waals surface area contributed by atoms with Crippen molar-refractivity contribution < 1.29 is 34.8 Å². The van der Waals surface area contributed by atoms with E-state index in [0.29, 0.717) is 0 Å². The van der Waals surface area contributed by atoms with E-state index >= 15 is 0 Å². The maximum Gasteiger partial charge on any atom is 0.222 e. The molecule has 0 saturated carbocycles. The van der Waals surface area contributed by atoms with Crippen molar-refractivity contribution in [2.45, 2.75) is 57.3 Å². The molecule has 1 heterocycles. The van der Waals surface area contributed by atoms with Crippen LogP contribution < -0.4 is 5.32 Å².